The second-order valence-electron chi connectivity index (χ2n) is 8.07. The lowest BCUT2D eigenvalue weighted by molar-refractivity contribution is -0.904. The van der Waals surface area contributed by atoms with Crippen molar-refractivity contribution in [2.75, 3.05) is 20.6 Å². The monoisotopic (exact) mass is 365 g/mol. The summed E-state index contributed by atoms with van der Waals surface area (Å²) >= 11 is 0. The highest BCUT2D eigenvalue weighted by molar-refractivity contribution is 5.44. The molecule has 0 spiro atoms. The van der Waals surface area contributed by atoms with Gasteiger partial charge >= 0.3 is 0 Å². The summed E-state index contributed by atoms with van der Waals surface area (Å²) in [5, 5.41) is 20.8. The van der Waals surface area contributed by atoms with Crippen LogP contribution in [0.4, 0.5) is 5.69 Å². The van der Waals surface area contributed by atoms with Crippen molar-refractivity contribution in [2.24, 2.45) is 0 Å². The van der Waals surface area contributed by atoms with Gasteiger partial charge < -0.3 is 9.59 Å². The summed E-state index contributed by atoms with van der Waals surface area (Å²) in [7, 11) is 4.20. The molecule has 5 heteroatoms. The van der Waals surface area contributed by atoms with Gasteiger partial charge in [0.05, 0.1) is 31.1 Å². The molecule has 1 aromatic rings. The summed E-state index contributed by atoms with van der Waals surface area (Å²) in [6, 6.07) is 4.30. The van der Waals surface area contributed by atoms with Gasteiger partial charge in [0.1, 0.15) is 12.3 Å². The van der Waals surface area contributed by atoms with E-state index in [1.165, 1.54) is 76.0 Å². The molecule has 26 heavy (non-hydrogen) atoms. The molecule has 0 amide bonds. The number of hydrogen-bond acceptors (Lipinski definition) is 3. The van der Waals surface area contributed by atoms with Crippen LogP contribution in [-0.4, -0.2) is 35.2 Å². The maximum Gasteiger partial charge on any atom is 0.278 e. The number of rotatable bonds is 14. The first kappa shape index (κ1) is 22.4. The molecule has 148 valence electrons. The van der Waals surface area contributed by atoms with Crippen LogP contribution in [0.15, 0.2) is 18.2 Å². The number of nitrogens with zero attached hydrogens (tertiary/aromatic N) is 2. The summed E-state index contributed by atoms with van der Waals surface area (Å²) in [5.74, 6) is 0.0875. The van der Waals surface area contributed by atoms with Crippen LogP contribution >= 0.6 is 0 Å². The number of hydrogen-bond donors (Lipinski definition) is 1. The van der Waals surface area contributed by atoms with E-state index in [9.17, 15) is 15.2 Å². The molecule has 1 N–H and O–H groups in total. The highest BCUT2D eigenvalue weighted by atomic mass is 16.6. The quantitative estimate of drug-likeness (QED) is 0.196. The fraction of sp³-hybridized carbons (Fsp3) is 0.714. The van der Waals surface area contributed by atoms with E-state index in [2.05, 4.69) is 21.0 Å². The van der Waals surface area contributed by atoms with Crippen molar-refractivity contribution in [2.45, 2.75) is 77.7 Å². The Bertz CT molecular complexity index is 544. The normalized spacial score (nSPS) is 11.7. The fourth-order valence-corrected chi connectivity index (χ4v) is 3.44. The van der Waals surface area contributed by atoms with E-state index in [0.717, 1.165) is 13.0 Å². The van der Waals surface area contributed by atoms with Crippen LogP contribution in [0, 0.1) is 10.1 Å². The average Bonchev–Trinajstić information content (AvgIpc) is 2.56. The van der Waals surface area contributed by atoms with Gasteiger partial charge in [-0.25, -0.2) is 0 Å². The summed E-state index contributed by atoms with van der Waals surface area (Å²) in [6.45, 7) is 3.80. The predicted molar refractivity (Wildman–Crippen MR) is 107 cm³/mol. The van der Waals surface area contributed by atoms with Gasteiger partial charge in [-0.2, -0.15) is 0 Å². The molecule has 0 heterocycles. The molecule has 0 bridgehead atoms. The Hall–Kier alpha value is -1.62. The maximum absolute atomic E-state index is 11.2. The molecule has 0 saturated heterocycles. The molecule has 0 fully saturated rings. The minimum absolute atomic E-state index is 0.0875. The van der Waals surface area contributed by atoms with Crippen molar-refractivity contribution in [1.29, 1.82) is 0 Å². The van der Waals surface area contributed by atoms with E-state index in [-0.39, 0.29) is 16.4 Å². The third kappa shape index (κ3) is 9.18. The third-order valence-electron chi connectivity index (χ3n) is 4.98. The van der Waals surface area contributed by atoms with Crippen LogP contribution in [0.5, 0.6) is 5.75 Å². The largest absolute Gasteiger partial charge is 0.508 e. The van der Waals surface area contributed by atoms with E-state index in [1.807, 2.05) is 0 Å². The second kappa shape index (κ2) is 11.9. The topological polar surface area (TPSA) is 63.4 Å². The number of benzene rings is 1. The predicted octanol–water partition coefficient (Wildman–Crippen LogP) is 5.80. The zero-order chi connectivity index (χ0) is 19.4. The lowest BCUT2D eigenvalue weighted by Gasteiger charge is -2.29. The van der Waals surface area contributed by atoms with E-state index in [0.29, 0.717) is 16.6 Å². The van der Waals surface area contributed by atoms with Crippen molar-refractivity contribution >= 4 is 5.69 Å². The van der Waals surface area contributed by atoms with Crippen LogP contribution in [0.3, 0.4) is 0 Å². The zero-order valence-corrected chi connectivity index (χ0v) is 16.9. The van der Waals surface area contributed by atoms with Crippen LogP contribution in [0.25, 0.3) is 0 Å². The summed E-state index contributed by atoms with van der Waals surface area (Å²) in [5.41, 5.74) is 0.698. The lowest BCUT2D eigenvalue weighted by Crippen LogP contribution is -2.39. The molecule has 0 radical (unpaired) electrons. The third-order valence-corrected chi connectivity index (χ3v) is 4.98. The Balaban J connectivity index is 2.28. The Labute approximate surface area is 158 Å². The molecule has 0 atom stereocenters. The Morgan fingerprint density at radius 3 is 2.04 bits per heavy atom. The van der Waals surface area contributed by atoms with Crippen molar-refractivity contribution in [1.82, 2.24) is 0 Å². The highest BCUT2D eigenvalue weighted by Gasteiger charge is 2.23. The molecule has 0 aliphatic heterocycles. The second-order valence-corrected chi connectivity index (χ2v) is 8.07. The van der Waals surface area contributed by atoms with Crippen molar-refractivity contribution in [3.8, 4) is 5.75 Å². The van der Waals surface area contributed by atoms with Crippen molar-refractivity contribution < 1.29 is 14.5 Å². The van der Waals surface area contributed by atoms with Gasteiger partial charge in [-0.3, -0.25) is 10.1 Å². The van der Waals surface area contributed by atoms with Gasteiger partial charge in [-0.05, 0) is 25.0 Å². The van der Waals surface area contributed by atoms with Gasteiger partial charge in [-0.1, -0.05) is 58.3 Å². The molecule has 5 nitrogen and oxygen atoms in total. The number of unbranched alkanes of at least 4 members (excludes halogenated alkanes) is 9. The Kier molecular flexibility index (Phi) is 10.3. The van der Waals surface area contributed by atoms with Crippen molar-refractivity contribution in [3.05, 3.63) is 33.9 Å². The molecule has 1 aromatic carbocycles. The van der Waals surface area contributed by atoms with Crippen LogP contribution < -0.4 is 0 Å². The van der Waals surface area contributed by atoms with Crippen LogP contribution in [0.1, 0.15) is 76.7 Å². The van der Waals surface area contributed by atoms with E-state index in [4.69, 9.17) is 0 Å². The smallest absolute Gasteiger partial charge is 0.278 e. The first-order valence-corrected chi connectivity index (χ1v) is 10.1. The number of phenols is 1. The number of phenolic OH excluding ortho intramolecular Hbond substituents is 1. The highest BCUT2D eigenvalue weighted by Crippen LogP contribution is 2.26. The van der Waals surface area contributed by atoms with Gasteiger partial charge in [0.25, 0.3) is 5.69 Å². The molecule has 0 aromatic heterocycles. The van der Waals surface area contributed by atoms with Crippen molar-refractivity contribution in [3.63, 3.8) is 0 Å². The van der Waals surface area contributed by atoms with E-state index < -0.39 is 0 Å². The summed E-state index contributed by atoms with van der Waals surface area (Å²) in [4.78, 5) is 10.8. The molecular formula is C21H37N2O3+. The maximum atomic E-state index is 11.2. The minimum atomic E-state index is -0.366. The average molecular weight is 366 g/mol. The van der Waals surface area contributed by atoms with Gasteiger partial charge in [0, 0.05) is 6.07 Å². The lowest BCUT2D eigenvalue weighted by atomic mass is 10.1. The zero-order valence-electron chi connectivity index (χ0n) is 16.9. The van der Waals surface area contributed by atoms with Crippen LogP contribution in [0.2, 0.25) is 0 Å². The summed E-state index contributed by atoms with van der Waals surface area (Å²) in [6.07, 6.45) is 13.1. The molecule has 0 unspecified atom stereocenters. The first-order chi connectivity index (χ1) is 12.4. The number of nitro benzene ring substituents is 1. The SMILES string of the molecule is CCCCCCCCCCCC[N+](C)(C)Cc1cc(O)ccc1[N+](=O)[O-]. The first-order valence-electron chi connectivity index (χ1n) is 10.1. The van der Waals surface area contributed by atoms with Gasteiger partial charge in [0.2, 0.25) is 0 Å². The number of nitro groups is 1. The Morgan fingerprint density at radius 1 is 0.962 bits per heavy atom. The number of quaternary nitrogens is 1. The minimum Gasteiger partial charge on any atom is -0.508 e. The molecule has 0 aliphatic carbocycles. The molecule has 0 saturated carbocycles. The molecular weight excluding hydrogens is 328 g/mol. The summed E-state index contributed by atoms with van der Waals surface area (Å²) < 4.78 is 0.696. The van der Waals surface area contributed by atoms with Gasteiger partial charge in [-0.15, -0.1) is 0 Å². The molecule has 0 aliphatic rings. The van der Waals surface area contributed by atoms with Gasteiger partial charge in [0.15, 0.2) is 0 Å². The Morgan fingerprint density at radius 2 is 1.50 bits per heavy atom. The fourth-order valence-electron chi connectivity index (χ4n) is 3.44. The van der Waals surface area contributed by atoms with Crippen LogP contribution in [-0.2, 0) is 6.54 Å². The van der Waals surface area contributed by atoms with E-state index in [1.54, 1.807) is 0 Å². The number of aromatic hydroxyl groups is 1. The standard InChI is InChI=1S/C21H36N2O3/c1-4-5-6-7-8-9-10-11-12-13-16-23(2,3)18-19-17-20(24)14-15-21(19)22(25)26/h14-15,17H,4-13,16,18H2,1-3H3/p+1. The van der Waals surface area contributed by atoms with E-state index >= 15 is 0 Å². The molecule has 1 rings (SSSR count).